The molecule has 116 valence electrons. The molecule has 0 bridgehead atoms. The molecule has 0 aliphatic heterocycles. The molecule has 0 radical (unpaired) electrons. The predicted octanol–water partition coefficient (Wildman–Crippen LogP) is 7.70. The molecule has 4 aromatic rings. The number of rotatable bonds is 4. The van der Waals surface area contributed by atoms with Crippen LogP contribution in [0.5, 0.6) is 5.06 Å². The van der Waals surface area contributed by atoms with Gasteiger partial charge in [0.15, 0.2) is 5.06 Å². The fraction of sp³-hybridized carbons (Fsp3) is 0.0588. The zero-order chi connectivity index (χ0) is 15.8. The van der Waals surface area contributed by atoms with E-state index in [1.54, 1.807) is 29.8 Å². The van der Waals surface area contributed by atoms with E-state index in [4.69, 9.17) is 4.74 Å². The van der Waals surface area contributed by atoms with Crippen molar-refractivity contribution in [1.29, 1.82) is 0 Å². The minimum Gasteiger partial charge on any atom is -0.487 e. The van der Waals surface area contributed by atoms with E-state index in [1.807, 2.05) is 28.7 Å². The first-order valence-electron chi connectivity index (χ1n) is 6.83. The summed E-state index contributed by atoms with van der Waals surface area (Å²) in [5.41, 5.74) is 0. The van der Waals surface area contributed by atoms with Crippen molar-refractivity contribution in [3.05, 3.63) is 52.3 Å². The van der Waals surface area contributed by atoms with Crippen molar-refractivity contribution in [3.63, 3.8) is 0 Å². The van der Waals surface area contributed by atoms with Gasteiger partial charge < -0.3 is 4.74 Å². The second-order valence-electron chi connectivity index (χ2n) is 4.75. The molecule has 0 atom stereocenters. The highest BCUT2D eigenvalue weighted by molar-refractivity contribution is 9.11. The Balaban J connectivity index is 1.63. The molecule has 4 rings (SSSR count). The fourth-order valence-corrected chi connectivity index (χ4v) is 6.70. The average molecular weight is 439 g/mol. The Kier molecular flexibility index (Phi) is 4.43. The molecule has 0 saturated heterocycles. The van der Waals surface area contributed by atoms with Gasteiger partial charge in [-0.15, -0.1) is 34.0 Å². The third-order valence-corrected chi connectivity index (χ3v) is 8.72. The lowest BCUT2D eigenvalue weighted by molar-refractivity contribution is 0.427. The van der Waals surface area contributed by atoms with Crippen molar-refractivity contribution in [3.8, 4) is 34.3 Å². The Morgan fingerprint density at radius 1 is 0.609 bits per heavy atom. The van der Waals surface area contributed by atoms with Gasteiger partial charge in [-0.05, 0) is 64.5 Å². The molecule has 0 aromatic carbocycles. The van der Waals surface area contributed by atoms with E-state index in [0.717, 1.165) is 5.06 Å². The van der Waals surface area contributed by atoms with Crippen LogP contribution in [0.3, 0.4) is 0 Å². The summed E-state index contributed by atoms with van der Waals surface area (Å²) in [6.07, 6.45) is 0. The maximum Gasteiger partial charge on any atom is 0.173 e. The molecular weight excluding hydrogens is 428 g/mol. The molecule has 6 heteroatoms. The molecule has 0 saturated carbocycles. The van der Waals surface area contributed by atoms with Gasteiger partial charge in [-0.1, -0.05) is 11.3 Å². The van der Waals surface area contributed by atoms with E-state index in [0.29, 0.717) is 0 Å². The molecule has 23 heavy (non-hydrogen) atoms. The van der Waals surface area contributed by atoms with E-state index >= 15 is 0 Å². The number of hydrogen-bond donors (Lipinski definition) is 0. The van der Waals surface area contributed by atoms with Crippen molar-refractivity contribution in [1.82, 2.24) is 0 Å². The van der Waals surface area contributed by atoms with Gasteiger partial charge in [-0.2, -0.15) is 0 Å². The maximum atomic E-state index is 5.28. The zero-order valence-electron chi connectivity index (χ0n) is 12.0. The van der Waals surface area contributed by atoms with Crippen LogP contribution in [0.15, 0.2) is 52.3 Å². The number of ether oxygens (including phenoxy) is 1. The van der Waals surface area contributed by atoms with Crippen molar-refractivity contribution in [2.45, 2.75) is 0 Å². The molecule has 4 aromatic heterocycles. The first-order valence-corrected chi connectivity index (χ1v) is 10.9. The van der Waals surface area contributed by atoms with Crippen molar-refractivity contribution < 1.29 is 4.74 Å². The van der Waals surface area contributed by atoms with E-state index in [-0.39, 0.29) is 0 Å². The van der Waals surface area contributed by atoms with Crippen LogP contribution in [0.4, 0.5) is 0 Å². The van der Waals surface area contributed by atoms with Gasteiger partial charge in [0.05, 0.1) is 10.9 Å². The SMILES string of the molecule is COc1ccc(-c2ccc(-c3ccc(-c4ccc(Br)s4)s3)s2)s1. The minimum absolute atomic E-state index is 0.955. The summed E-state index contributed by atoms with van der Waals surface area (Å²) < 4.78 is 6.46. The molecular formula is C17H11BrOS4. The van der Waals surface area contributed by atoms with Gasteiger partial charge in [-0.3, -0.25) is 0 Å². The second kappa shape index (κ2) is 6.53. The molecule has 0 fully saturated rings. The summed E-state index contributed by atoms with van der Waals surface area (Å²) in [6.45, 7) is 0. The van der Waals surface area contributed by atoms with Gasteiger partial charge >= 0.3 is 0 Å². The minimum atomic E-state index is 0.955. The Hall–Kier alpha value is -0.920. The first kappa shape index (κ1) is 15.6. The molecule has 0 amide bonds. The molecule has 1 nitrogen and oxygen atoms in total. The summed E-state index contributed by atoms with van der Waals surface area (Å²) in [6, 6.07) is 17.3. The lowest BCUT2D eigenvalue weighted by Crippen LogP contribution is -1.73. The van der Waals surface area contributed by atoms with E-state index in [9.17, 15) is 0 Å². The van der Waals surface area contributed by atoms with Gasteiger partial charge in [0.25, 0.3) is 0 Å². The highest BCUT2D eigenvalue weighted by Gasteiger charge is 2.11. The summed E-state index contributed by atoms with van der Waals surface area (Å²) in [7, 11) is 1.71. The number of halogens is 1. The van der Waals surface area contributed by atoms with Crippen LogP contribution >= 0.6 is 61.3 Å². The summed E-state index contributed by atoms with van der Waals surface area (Å²) in [4.78, 5) is 7.83. The number of hydrogen-bond acceptors (Lipinski definition) is 5. The van der Waals surface area contributed by atoms with Gasteiger partial charge in [0.2, 0.25) is 0 Å². The molecule has 0 unspecified atom stereocenters. The van der Waals surface area contributed by atoms with Crippen molar-refractivity contribution in [2.75, 3.05) is 7.11 Å². The predicted molar refractivity (Wildman–Crippen MR) is 109 cm³/mol. The number of thiophene rings is 4. The third kappa shape index (κ3) is 3.19. The van der Waals surface area contributed by atoms with E-state index < -0.39 is 0 Å². The zero-order valence-corrected chi connectivity index (χ0v) is 16.9. The third-order valence-electron chi connectivity index (χ3n) is 3.30. The Morgan fingerprint density at radius 2 is 1.04 bits per heavy atom. The van der Waals surface area contributed by atoms with Crippen LogP contribution in [0.25, 0.3) is 29.3 Å². The summed E-state index contributed by atoms with van der Waals surface area (Å²) in [5, 5.41) is 0.955. The van der Waals surface area contributed by atoms with Gasteiger partial charge in [0, 0.05) is 29.3 Å². The normalized spacial score (nSPS) is 11.0. The van der Waals surface area contributed by atoms with Crippen molar-refractivity contribution >= 4 is 61.3 Å². The van der Waals surface area contributed by atoms with Gasteiger partial charge in [-0.25, -0.2) is 0 Å². The molecule has 0 aliphatic carbocycles. The molecule has 0 spiro atoms. The number of methoxy groups -OCH3 is 1. The molecule has 4 heterocycles. The van der Waals surface area contributed by atoms with E-state index in [2.05, 4.69) is 58.4 Å². The van der Waals surface area contributed by atoms with Crippen LogP contribution in [-0.4, -0.2) is 7.11 Å². The van der Waals surface area contributed by atoms with Crippen LogP contribution in [0.1, 0.15) is 0 Å². The highest BCUT2D eigenvalue weighted by atomic mass is 79.9. The van der Waals surface area contributed by atoms with E-state index in [1.165, 1.54) is 33.0 Å². The summed E-state index contributed by atoms with van der Waals surface area (Å²) >= 11 is 10.7. The lowest BCUT2D eigenvalue weighted by Gasteiger charge is -1.92. The Morgan fingerprint density at radius 3 is 1.48 bits per heavy atom. The standard InChI is InChI=1S/C17H11BrOS4/c1-19-17-9-7-15(23-17)13-5-3-11(21-13)10-2-4-12(20-10)14-6-8-16(18)22-14/h2-9H,1H3. The average Bonchev–Trinajstić information content (AvgIpc) is 3.32. The Bertz CT molecular complexity index is 943. The maximum absolute atomic E-state index is 5.28. The molecule has 0 N–H and O–H groups in total. The summed E-state index contributed by atoms with van der Waals surface area (Å²) in [5.74, 6) is 0. The monoisotopic (exact) mass is 438 g/mol. The largest absolute Gasteiger partial charge is 0.487 e. The van der Waals surface area contributed by atoms with Gasteiger partial charge in [0.1, 0.15) is 0 Å². The first-order chi connectivity index (χ1) is 11.2. The van der Waals surface area contributed by atoms with Crippen LogP contribution in [0, 0.1) is 0 Å². The van der Waals surface area contributed by atoms with Crippen LogP contribution < -0.4 is 4.74 Å². The van der Waals surface area contributed by atoms with Crippen LogP contribution in [-0.2, 0) is 0 Å². The fourth-order valence-electron chi connectivity index (χ4n) is 2.21. The van der Waals surface area contributed by atoms with Crippen LogP contribution in [0.2, 0.25) is 0 Å². The second-order valence-corrected chi connectivity index (χ2v) is 10.4. The topological polar surface area (TPSA) is 9.23 Å². The van der Waals surface area contributed by atoms with Crippen molar-refractivity contribution in [2.24, 2.45) is 0 Å². The molecule has 0 aliphatic rings. The Labute approximate surface area is 159 Å². The highest BCUT2D eigenvalue weighted by Crippen LogP contribution is 2.44. The smallest absolute Gasteiger partial charge is 0.173 e. The lowest BCUT2D eigenvalue weighted by atomic mass is 10.3. The quantitative estimate of drug-likeness (QED) is 0.317.